The molecule has 7 nitrogen and oxygen atoms in total. The highest BCUT2D eigenvalue weighted by Gasteiger charge is 2.27. The molecule has 196 valence electrons. The molecule has 0 fully saturated rings. The number of nitrogens with zero attached hydrogens (tertiary/aromatic N) is 1. The Bertz CT molecular complexity index is 1160. The van der Waals surface area contributed by atoms with Gasteiger partial charge in [0.15, 0.2) is 0 Å². The van der Waals surface area contributed by atoms with Crippen molar-refractivity contribution in [2.75, 3.05) is 18.5 Å². The van der Waals surface area contributed by atoms with Crippen LogP contribution in [0.4, 0.5) is 5.69 Å². The molecular formula is C28H38N2O5S. The van der Waals surface area contributed by atoms with Gasteiger partial charge in [-0.25, -0.2) is 13.9 Å². The third kappa shape index (κ3) is 8.00. The lowest BCUT2D eigenvalue weighted by molar-refractivity contribution is 0.0707. The van der Waals surface area contributed by atoms with Crippen LogP contribution in [0.3, 0.4) is 0 Å². The molecule has 0 atom stereocenters. The first-order valence-corrected chi connectivity index (χ1v) is 13.9. The van der Waals surface area contributed by atoms with Gasteiger partial charge in [0.25, 0.3) is 15.9 Å². The second-order valence-electron chi connectivity index (χ2n) is 8.80. The van der Waals surface area contributed by atoms with E-state index in [9.17, 15) is 18.4 Å². The van der Waals surface area contributed by atoms with E-state index >= 15 is 0 Å². The Hall–Kier alpha value is -3.02. The second kappa shape index (κ2) is 14.5. The first kappa shape index (κ1) is 29.2. The van der Waals surface area contributed by atoms with Gasteiger partial charge in [-0.05, 0) is 55.3 Å². The topological polar surface area (TPSA) is 95.9 Å². The number of hydrogen-bond donors (Lipinski definition) is 2. The van der Waals surface area contributed by atoms with E-state index in [1.54, 1.807) is 30.6 Å². The van der Waals surface area contributed by atoms with E-state index in [1.165, 1.54) is 70.9 Å². The van der Waals surface area contributed by atoms with Gasteiger partial charge < -0.3 is 4.74 Å². The SMILES string of the molecule is CCCCCCCCCCC#Cc1cc(C)c(N(C)S(=O)(=O)c2ccc(OC)cc2)c(C(=O)NO)c1. The van der Waals surface area contributed by atoms with Gasteiger partial charge in [0.2, 0.25) is 0 Å². The summed E-state index contributed by atoms with van der Waals surface area (Å²) in [4.78, 5) is 12.5. The molecule has 36 heavy (non-hydrogen) atoms. The van der Waals surface area contributed by atoms with E-state index in [4.69, 9.17) is 4.74 Å². The predicted octanol–water partition coefficient (Wildman–Crippen LogP) is 5.83. The third-order valence-electron chi connectivity index (χ3n) is 6.07. The molecule has 0 aromatic heterocycles. The second-order valence-corrected chi connectivity index (χ2v) is 10.8. The smallest absolute Gasteiger partial charge is 0.276 e. The Kier molecular flexibility index (Phi) is 11.8. The zero-order valence-corrected chi connectivity index (χ0v) is 22.6. The van der Waals surface area contributed by atoms with Crippen molar-refractivity contribution in [3.63, 3.8) is 0 Å². The standard InChI is InChI=1S/C28H38N2O5S/c1-5-6-7-8-9-10-11-12-13-14-15-23-20-22(2)27(26(21-23)28(31)29-32)30(3)36(33,34)25-18-16-24(35-4)17-19-25/h16-21,32H,5-13H2,1-4H3,(H,29,31). The Labute approximate surface area is 215 Å². The molecule has 0 radical (unpaired) electrons. The normalized spacial score (nSPS) is 10.9. The van der Waals surface area contributed by atoms with Crippen molar-refractivity contribution < 1.29 is 23.2 Å². The van der Waals surface area contributed by atoms with Crippen LogP contribution in [0.15, 0.2) is 41.3 Å². The van der Waals surface area contributed by atoms with Crippen molar-refractivity contribution in [3.05, 3.63) is 53.1 Å². The number of aryl methyl sites for hydroxylation is 1. The van der Waals surface area contributed by atoms with Gasteiger partial charge in [0.05, 0.1) is 23.3 Å². The van der Waals surface area contributed by atoms with Gasteiger partial charge in [-0.2, -0.15) is 0 Å². The zero-order chi connectivity index (χ0) is 26.6. The van der Waals surface area contributed by atoms with Crippen LogP contribution in [0.1, 0.15) is 86.2 Å². The van der Waals surface area contributed by atoms with Crippen molar-refractivity contribution in [2.45, 2.75) is 76.5 Å². The van der Waals surface area contributed by atoms with Gasteiger partial charge in [-0.15, -0.1) is 0 Å². The number of hydroxylamine groups is 1. The lowest BCUT2D eigenvalue weighted by atomic mass is 10.0. The number of carbonyl (C=O) groups is 1. The molecule has 0 unspecified atom stereocenters. The summed E-state index contributed by atoms with van der Waals surface area (Å²) in [6, 6.07) is 9.26. The fourth-order valence-corrected chi connectivity index (χ4v) is 5.32. The summed E-state index contributed by atoms with van der Waals surface area (Å²) < 4.78 is 32.7. The monoisotopic (exact) mass is 514 g/mol. The van der Waals surface area contributed by atoms with Crippen LogP contribution in [-0.4, -0.2) is 33.7 Å². The van der Waals surface area contributed by atoms with E-state index in [-0.39, 0.29) is 16.1 Å². The number of anilines is 1. The average molecular weight is 515 g/mol. The van der Waals surface area contributed by atoms with E-state index in [2.05, 4.69) is 18.8 Å². The average Bonchev–Trinajstić information content (AvgIpc) is 2.88. The van der Waals surface area contributed by atoms with E-state index < -0.39 is 15.9 Å². The number of unbranched alkanes of at least 4 members (excludes halogenated alkanes) is 8. The lowest BCUT2D eigenvalue weighted by Gasteiger charge is -2.24. The molecule has 0 aliphatic heterocycles. The van der Waals surface area contributed by atoms with Crippen LogP contribution < -0.4 is 14.5 Å². The Morgan fingerprint density at radius 3 is 2.22 bits per heavy atom. The fraction of sp³-hybridized carbons (Fsp3) is 0.464. The quantitative estimate of drug-likeness (QED) is 0.152. The summed E-state index contributed by atoms with van der Waals surface area (Å²) in [5, 5.41) is 9.30. The summed E-state index contributed by atoms with van der Waals surface area (Å²) >= 11 is 0. The number of carbonyl (C=O) groups excluding carboxylic acids is 1. The summed E-state index contributed by atoms with van der Waals surface area (Å²) in [6.45, 7) is 3.93. The molecule has 2 N–H and O–H groups in total. The van der Waals surface area contributed by atoms with Crippen LogP contribution in [0.5, 0.6) is 5.75 Å². The van der Waals surface area contributed by atoms with E-state index in [1.807, 2.05) is 0 Å². The van der Waals surface area contributed by atoms with Gasteiger partial charge in [-0.3, -0.25) is 14.3 Å². The van der Waals surface area contributed by atoms with Crippen LogP contribution in [0.2, 0.25) is 0 Å². The highest BCUT2D eigenvalue weighted by atomic mass is 32.2. The largest absolute Gasteiger partial charge is 0.497 e. The Morgan fingerprint density at radius 2 is 1.64 bits per heavy atom. The Morgan fingerprint density at radius 1 is 1.03 bits per heavy atom. The van der Waals surface area contributed by atoms with Gasteiger partial charge in [-0.1, -0.05) is 63.7 Å². The van der Waals surface area contributed by atoms with Crippen molar-refractivity contribution >= 4 is 21.6 Å². The number of amides is 1. The molecule has 0 heterocycles. The lowest BCUT2D eigenvalue weighted by Crippen LogP contribution is -2.31. The van der Waals surface area contributed by atoms with Gasteiger partial charge >= 0.3 is 0 Å². The number of ether oxygens (including phenoxy) is 1. The maximum absolute atomic E-state index is 13.3. The molecule has 2 rings (SSSR count). The number of sulfonamides is 1. The highest BCUT2D eigenvalue weighted by molar-refractivity contribution is 7.92. The first-order valence-electron chi connectivity index (χ1n) is 12.5. The van der Waals surface area contributed by atoms with Crippen molar-refractivity contribution in [2.24, 2.45) is 0 Å². The molecule has 0 aliphatic rings. The maximum atomic E-state index is 13.3. The number of methoxy groups -OCH3 is 1. The van der Waals surface area contributed by atoms with Gasteiger partial charge in [0, 0.05) is 19.0 Å². The van der Waals surface area contributed by atoms with Crippen molar-refractivity contribution in [3.8, 4) is 17.6 Å². The van der Waals surface area contributed by atoms with Crippen molar-refractivity contribution in [1.29, 1.82) is 0 Å². The molecule has 1 amide bonds. The number of rotatable bonds is 13. The Balaban J connectivity index is 2.18. The van der Waals surface area contributed by atoms with E-state index in [0.717, 1.165) is 23.6 Å². The van der Waals surface area contributed by atoms with Crippen LogP contribution in [-0.2, 0) is 10.0 Å². The summed E-state index contributed by atoms with van der Waals surface area (Å²) in [7, 11) is -1.10. The third-order valence-corrected chi connectivity index (χ3v) is 7.84. The first-order chi connectivity index (χ1) is 17.3. The van der Waals surface area contributed by atoms with Crippen molar-refractivity contribution in [1.82, 2.24) is 5.48 Å². The zero-order valence-electron chi connectivity index (χ0n) is 21.8. The number of hydrogen-bond acceptors (Lipinski definition) is 5. The fourth-order valence-electron chi connectivity index (χ4n) is 4.04. The van der Waals surface area contributed by atoms with Gasteiger partial charge in [0.1, 0.15) is 5.75 Å². The minimum Gasteiger partial charge on any atom is -0.497 e. The molecule has 2 aromatic rings. The molecule has 0 aliphatic carbocycles. The molecular weight excluding hydrogens is 476 g/mol. The van der Waals surface area contributed by atoms with Crippen LogP contribution in [0.25, 0.3) is 0 Å². The molecule has 2 aromatic carbocycles. The molecule has 0 bridgehead atoms. The molecule has 8 heteroatoms. The summed E-state index contributed by atoms with van der Waals surface area (Å²) in [5.74, 6) is 5.95. The minimum absolute atomic E-state index is 0.0217. The number of nitrogens with one attached hydrogen (secondary N) is 1. The summed E-state index contributed by atoms with van der Waals surface area (Å²) in [5.41, 5.74) is 2.95. The molecule has 0 saturated carbocycles. The summed E-state index contributed by atoms with van der Waals surface area (Å²) in [6.07, 6.45) is 10.6. The minimum atomic E-state index is -3.97. The maximum Gasteiger partial charge on any atom is 0.276 e. The number of benzene rings is 2. The van der Waals surface area contributed by atoms with Crippen LogP contribution in [0, 0.1) is 18.8 Å². The highest BCUT2D eigenvalue weighted by Crippen LogP contribution is 2.31. The molecule has 0 saturated heterocycles. The van der Waals surface area contributed by atoms with E-state index in [0.29, 0.717) is 16.9 Å². The predicted molar refractivity (Wildman–Crippen MR) is 143 cm³/mol. The van der Waals surface area contributed by atoms with Crippen LogP contribution >= 0.6 is 0 Å². The molecule has 0 spiro atoms.